The fourth-order valence-electron chi connectivity index (χ4n) is 2.20. The van der Waals surface area contributed by atoms with Gasteiger partial charge in [0.2, 0.25) is 0 Å². The van der Waals surface area contributed by atoms with Gasteiger partial charge in [-0.05, 0) is 61.7 Å². The Balaban J connectivity index is 2.35. The number of halogens is 1. The summed E-state index contributed by atoms with van der Waals surface area (Å²) >= 11 is 6.13. The van der Waals surface area contributed by atoms with Gasteiger partial charge in [-0.15, -0.1) is 0 Å². The lowest BCUT2D eigenvalue weighted by molar-refractivity contribution is 0.199. The van der Waals surface area contributed by atoms with Gasteiger partial charge in [0.15, 0.2) is 0 Å². The van der Waals surface area contributed by atoms with Gasteiger partial charge >= 0.3 is 0 Å². The van der Waals surface area contributed by atoms with E-state index in [9.17, 15) is 5.11 Å². The Bertz CT molecular complexity index is 694. The van der Waals surface area contributed by atoms with Crippen LogP contribution < -0.4 is 4.74 Å². The van der Waals surface area contributed by atoms with E-state index in [1.807, 2.05) is 13.8 Å². The van der Waals surface area contributed by atoms with Gasteiger partial charge in [0.25, 0.3) is 0 Å². The number of hydrogen-bond donors (Lipinski definition) is 1. The van der Waals surface area contributed by atoms with Crippen LogP contribution in [0.1, 0.15) is 35.3 Å². The predicted molar refractivity (Wildman–Crippen MR) is 82.8 cm³/mol. The molecule has 0 radical (unpaired) electrons. The molecule has 0 spiro atoms. The van der Waals surface area contributed by atoms with Gasteiger partial charge in [-0.3, -0.25) is 0 Å². The molecule has 2 aromatic carbocycles. The largest absolute Gasteiger partial charge is 0.457 e. The van der Waals surface area contributed by atoms with Crippen LogP contribution in [0.2, 0.25) is 5.02 Å². The van der Waals surface area contributed by atoms with Crippen LogP contribution in [-0.2, 0) is 0 Å². The summed E-state index contributed by atoms with van der Waals surface area (Å²) in [7, 11) is 0. The van der Waals surface area contributed by atoms with Crippen molar-refractivity contribution < 1.29 is 9.84 Å². The van der Waals surface area contributed by atoms with E-state index in [1.54, 1.807) is 37.3 Å². The molecule has 0 aliphatic heterocycles. The van der Waals surface area contributed by atoms with Gasteiger partial charge in [-0.2, -0.15) is 5.26 Å². The average molecular weight is 302 g/mol. The topological polar surface area (TPSA) is 53.2 Å². The van der Waals surface area contributed by atoms with Crippen molar-refractivity contribution in [3.8, 4) is 17.6 Å². The molecule has 0 aliphatic carbocycles. The van der Waals surface area contributed by atoms with Crippen molar-refractivity contribution in [1.29, 1.82) is 5.26 Å². The van der Waals surface area contributed by atoms with Crippen molar-refractivity contribution in [3.05, 3.63) is 57.6 Å². The van der Waals surface area contributed by atoms with Crippen molar-refractivity contribution in [3.63, 3.8) is 0 Å². The first-order valence-corrected chi connectivity index (χ1v) is 6.97. The highest BCUT2D eigenvalue weighted by Gasteiger charge is 2.11. The molecule has 0 aliphatic rings. The van der Waals surface area contributed by atoms with Gasteiger partial charge in [-0.25, -0.2) is 0 Å². The summed E-state index contributed by atoms with van der Waals surface area (Å²) in [6.07, 6.45) is -0.620. The number of nitriles is 1. The Labute approximate surface area is 129 Å². The summed E-state index contributed by atoms with van der Waals surface area (Å²) in [5.41, 5.74) is 3.06. The minimum atomic E-state index is -0.620. The molecule has 4 heteroatoms. The van der Waals surface area contributed by atoms with Crippen LogP contribution in [0.25, 0.3) is 0 Å². The highest BCUT2D eigenvalue weighted by molar-refractivity contribution is 6.31. The van der Waals surface area contributed by atoms with Crippen LogP contribution in [0.15, 0.2) is 30.3 Å². The SMILES string of the molecule is Cc1cc(C#N)cc(C)c1Oc1ccc(C(C)O)c(Cl)c1. The maximum absolute atomic E-state index is 9.58. The smallest absolute Gasteiger partial charge is 0.133 e. The van der Waals surface area contributed by atoms with E-state index in [-0.39, 0.29) is 0 Å². The Morgan fingerprint density at radius 2 is 1.81 bits per heavy atom. The minimum absolute atomic E-state index is 0.464. The Morgan fingerprint density at radius 3 is 2.29 bits per heavy atom. The number of benzene rings is 2. The van der Waals surface area contributed by atoms with Gasteiger partial charge in [0.05, 0.1) is 22.8 Å². The fourth-order valence-corrected chi connectivity index (χ4v) is 2.53. The molecule has 3 nitrogen and oxygen atoms in total. The van der Waals surface area contributed by atoms with Gasteiger partial charge in [0, 0.05) is 0 Å². The molecule has 1 N–H and O–H groups in total. The van der Waals surface area contributed by atoms with E-state index in [0.717, 1.165) is 16.9 Å². The molecule has 2 rings (SSSR count). The number of aliphatic hydroxyl groups is 1. The number of hydrogen-bond acceptors (Lipinski definition) is 3. The van der Waals surface area contributed by atoms with Crippen molar-refractivity contribution in [1.82, 2.24) is 0 Å². The molecule has 0 saturated heterocycles. The predicted octanol–water partition coefficient (Wildman–Crippen LogP) is 4.67. The first-order valence-electron chi connectivity index (χ1n) is 6.59. The molecule has 0 fully saturated rings. The fraction of sp³-hybridized carbons (Fsp3) is 0.235. The molecule has 1 atom stereocenters. The first-order chi connectivity index (χ1) is 9.92. The average Bonchev–Trinajstić information content (AvgIpc) is 2.42. The summed E-state index contributed by atoms with van der Waals surface area (Å²) in [5.74, 6) is 1.31. The maximum Gasteiger partial charge on any atom is 0.133 e. The van der Waals surface area contributed by atoms with Crippen molar-refractivity contribution in [2.45, 2.75) is 26.9 Å². The summed E-state index contributed by atoms with van der Waals surface area (Å²) in [5, 5.41) is 19.0. The number of aliphatic hydroxyl groups excluding tert-OH is 1. The van der Waals surface area contributed by atoms with E-state index in [4.69, 9.17) is 21.6 Å². The molecule has 21 heavy (non-hydrogen) atoms. The molecule has 0 saturated carbocycles. The lowest BCUT2D eigenvalue weighted by Crippen LogP contribution is -1.95. The molecule has 0 aromatic heterocycles. The van der Waals surface area contributed by atoms with Crippen molar-refractivity contribution in [2.24, 2.45) is 0 Å². The van der Waals surface area contributed by atoms with E-state index in [1.165, 1.54) is 0 Å². The number of rotatable bonds is 3. The third-order valence-electron chi connectivity index (χ3n) is 3.23. The maximum atomic E-state index is 9.58. The van der Waals surface area contributed by atoms with E-state index in [0.29, 0.717) is 21.9 Å². The zero-order valence-electron chi connectivity index (χ0n) is 12.1. The van der Waals surface area contributed by atoms with Crippen LogP contribution in [0.5, 0.6) is 11.5 Å². The van der Waals surface area contributed by atoms with E-state index >= 15 is 0 Å². The third kappa shape index (κ3) is 3.36. The standard InChI is InChI=1S/C17H16ClNO2/c1-10-6-13(9-19)7-11(2)17(10)21-14-4-5-15(12(3)20)16(18)8-14/h4-8,12,20H,1-3H3. The molecular formula is C17H16ClNO2. The molecule has 0 amide bonds. The Kier molecular flexibility index (Phi) is 4.52. The van der Waals surface area contributed by atoms with Gasteiger partial charge in [-0.1, -0.05) is 17.7 Å². The molecule has 0 bridgehead atoms. The Hall–Kier alpha value is -2.02. The highest BCUT2D eigenvalue weighted by Crippen LogP contribution is 2.33. The third-order valence-corrected chi connectivity index (χ3v) is 3.56. The summed E-state index contributed by atoms with van der Waals surface area (Å²) in [6, 6.07) is 10.9. The zero-order chi connectivity index (χ0) is 15.6. The summed E-state index contributed by atoms with van der Waals surface area (Å²) in [4.78, 5) is 0. The zero-order valence-corrected chi connectivity index (χ0v) is 12.9. The lowest BCUT2D eigenvalue weighted by atomic mass is 10.1. The number of aryl methyl sites for hydroxylation is 2. The highest BCUT2D eigenvalue weighted by atomic mass is 35.5. The second-order valence-corrected chi connectivity index (χ2v) is 5.42. The molecule has 2 aromatic rings. The van der Waals surface area contributed by atoms with Crippen LogP contribution in [0, 0.1) is 25.2 Å². The monoisotopic (exact) mass is 301 g/mol. The van der Waals surface area contributed by atoms with E-state index < -0.39 is 6.10 Å². The second-order valence-electron chi connectivity index (χ2n) is 5.01. The Morgan fingerprint density at radius 1 is 1.19 bits per heavy atom. The van der Waals surface area contributed by atoms with Crippen LogP contribution in [0.3, 0.4) is 0 Å². The number of nitrogens with zero attached hydrogens (tertiary/aromatic N) is 1. The van der Waals surface area contributed by atoms with Crippen LogP contribution >= 0.6 is 11.6 Å². The van der Waals surface area contributed by atoms with Gasteiger partial charge in [0.1, 0.15) is 11.5 Å². The molecule has 0 heterocycles. The quantitative estimate of drug-likeness (QED) is 0.896. The van der Waals surface area contributed by atoms with Gasteiger partial charge < -0.3 is 9.84 Å². The van der Waals surface area contributed by atoms with Crippen LogP contribution in [-0.4, -0.2) is 5.11 Å². The normalized spacial score (nSPS) is 11.8. The minimum Gasteiger partial charge on any atom is -0.457 e. The van der Waals surface area contributed by atoms with Crippen molar-refractivity contribution in [2.75, 3.05) is 0 Å². The van der Waals surface area contributed by atoms with E-state index in [2.05, 4.69) is 6.07 Å². The first kappa shape index (κ1) is 15.4. The number of ether oxygens (including phenoxy) is 1. The van der Waals surface area contributed by atoms with Crippen LogP contribution in [0.4, 0.5) is 0 Å². The molecule has 108 valence electrons. The second kappa shape index (κ2) is 6.17. The van der Waals surface area contributed by atoms with Crippen molar-refractivity contribution >= 4 is 11.6 Å². The molecule has 1 unspecified atom stereocenters. The lowest BCUT2D eigenvalue weighted by Gasteiger charge is -2.14. The summed E-state index contributed by atoms with van der Waals surface area (Å²) < 4.78 is 5.88. The molecular weight excluding hydrogens is 286 g/mol. The summed E-state index contributed by atoms with van der Waals surface area (Å²) in [6.45, 7) is 5.46.